The third kappa shape index (κ3) is 4.68. The number of hydrogen-bond acceptors (Lipinski definition) is 2. The van der Waals surface area contributed by atoms with Gasteiger partial charge < -0.3 is 9.47 Å². The molecular formula is C7H10O2. The largest absolute Gasteiger partial charge is 0.470 e. The number of ether oxygens (including phenoxy) is 2. The van der Waals surface area contributed by atoms with Gasteiger partial charge in [-0.05, 0) is 6.92 Å². The van der Waals surface area contributed by atoms with Crippen LogP contribution in [0.3, 0.4) is 0 Å². The average Bonchev–Trinajstić information content (AvgIpc) is 1.85. The van der Waals surface area contributed by atoms with Gasteiger partial charge in [0.15, 0.2) is 0 Å². The zero-order valence-corrected chi connectivity index (χ0v) is 5.46. The van der Waals surface area contributed by atoms with Crippen molar-refractivity contribution in [1.29, 1.82) is 0 Å². The molecule has 0 fully saturated rings. The Labute approximate surface area is 55.1 Å². The van der Waals surface area contributed by atoms with Crippen molar-refractivity contribution in [2.45, 2.75) is 6.92 Å². The van der Waals surface area contributed by atoms with E-state index in [1.807, 2.05) is 0 Å². The van der Waals surface area contributed by atoms with E-state index in [1.165, 1.54) is 18.8 Å². The first-order valence-corrected chi connectivity index (χ1v) is 2.52. The summed E-state index contributed by atoms with van der Waals surface area (Å²) in [6.07, 6.45) is 4.09. The molecule has 0 N–H and O–H groups in total. The first-order valence-electron chi connectivity index (χ1n) is 2.52. The zero-order chi connectivity index (χ0) is 7.11. The molecule has 0 amide bonds. The van der Waals surface area contributed by atoms with Gasteiger partial charge in [-0.25, -0.2) is 0 Å². The third-order valence-electron chi connectivity index (χ3n) is 0.599. The van der Waals surface area contributed by atoms with Gasteiger partial charge in [0.05, 0.1) is 12.5 Å². The monoisotopic (exact) mass is 126 g/mol. The predicted molar refractivity (Wildman–Crippen MR) is 36.3 cm³/mol. The lowest BCUT2D eigenvalue weighted by atomic mass is 10.6. The molecule has 0 bridgehead atoms. The maximum atomic E-state index is 4.80. The fourth-order valence-electron chi connectivity index (χ4n) is 0.303. The second kappa shape index (κ2) is 4.97. The van der Waals surface area contributed by atoms with Crippen LogP contribution in [0.25, 0.3) is 0 Å². The molecule has 0 heterocycles. The molecule has 0 rings (SSSR count). The van der Waals surface area contributed by atoms with E-state index in [2.05, 4.69) is 17.9 Å². The second-order valence-electron chi connectivity index (χ2n) is 1.32. The molecule has 0 aliphatic rings. The molecule has 50 valence electrons. The Morgan fingerprint density at radius 3 is 2.44 bits per heavy atom. The SMILES string of the molecule is C=COC=C(C)OC=C. The quantitative estimate of drug-likeness (QED) is 0.537. The summed E-state index contributed by atoms with van der Waals surface area (Å²) in [5.74, 6) is 0.643. The molecule has 0 aromatic heterocycles. The van der Waals surface area contributed by atoms with E-state index in [0.29, 0.717) is 5.76 Å². The smallest absolute Gasteiger partial charge is 0.135 e. The minimum absolute atomic E-state index is 0.643. The third-order valence-corrected chi connectivity index (χ3v) is 0.599. The van der Waals surface area contributed by atoms with Crippen LogP contribution < -0.4 is 0 Å². The summed E-state index contributed by atoms with van der Waals surface area (Å²) in [4.78, 5) is 0. The van der Waals surface area contributed by atoms with Crippen molar-refractivity contribution in [3.63, 3.8) is 0 Å². The molecule has 0 aromatic rings. The summed E-state index contributed by atoms with van der Waals surface area (Å²) in [6.45, 7) is 8.46. The van der Waals surface area contributed by atoms with Crippen LogP contribution in [-0.4, -0.2) is 0 Å². The number of hydrogen-bond donors (Lipinski definition) is 0. The van der Waals surface area contributed by atoms with Gasteiger partial charge in [-0.2, -0.15) is 0 Å². The molecular weight excluding hydrogens is 116 g/mol. The van der Waals surface area contributed by atoms with Crippen LogP contribution in [0.15, 0.2) is 37.7 Å². The topological polar surface area (TPSA) is 18.5 Å². The van der Waals surface area contributed by atoms with E-state index >= 15 is 0 Å². The zero-order valence-electron chi connectivity index (χ0n) is 5.46. The standard InChI is InChI=1S/C7H10O2/c1-4-8-6-7(3)9-5-2/h4-6H,1-2H2,3H3. The Kier molecular flexibility index (Phi) is 4.32. The lowest BCUT2D eigenvalue weighted by Gasteiger charge is -1.96. The van der Waals surface area contributed by atoms with Crippen molar-refractivity contribution in [2.24, 2.45) is 0 Å². The molecule has 0 spiro atoms. The molecule has 9 heavy (non-hydrogen) atoms. The minimum Gasteiger partial charge on any atom is -0.470 e. The first kappa shape index (κ1) is 7.82. The lowest BCUT2D eigenvalue weighted by Crippen LogP contribution is -1.77. The van der Waals surface area contributed by atoms with Gasteiger partial charge in [0.2, 0.25) is 0 Å². The van der Waals surface area contributed by atoms with E-state index in [9.17, 15) is 0 Å². The van der Waals surface area contributed by atoms with Gasteiger partial charge in [0.25, 0.3) is 0 Å². The van der Waals surface area contributed by atoms with Crippen LogP contribution in [0.4, 0.5) is 0 Å². The van der Waals surface area contributed by atoms with Crippen LogP contribution in [-0.2, 0) is 9.47 Å². The second-order valence-corrected chi connectivity index (χ2v) is 1.32. The van der Waals surface area contributed by atoms with Gasteiger partial charge in [-0.1, -0.05) is 13.2 Å². The summed E-state index contributed by atoms with van der Waals surface area (Å²) in [5, 5.41) is 0. The molecule has 0 saturated carbocycles. The van der Waals surface area contributed by atoms with Crippen LogP contribution >= 0.6 is 0 Å². The Morgan fingerprint density at radius 1 is 1.33 bits per heavy atom. The first-order chi connectivity index (χ1) is 4.31. The van der Waals surface area contributed by atoms with Crippen molar-refractivity contribution in [3.05, 3.63) is 37.7 Å². The molecule has 0 unspecified atom stereocenters. The molecule has 0 aromatic carbocycles. The average molecular weight is 126 g/mol. The van der Waals surface area contributed by atoms with E-state index in [0.717, 1.165) is 0 Å². The molecule has 0 saturated heterocycles. The maximum Gasteiger partial charge on any atom is 0.135 e. The van der Waals surface area contributed by atoms with Gasteiger partial charge in [-0.15, -0.1) is 0 Å². The molecule has 0 radical (unpaired) electrons. The summed E-state index contributed by atoms with van der Waals surface area (Å²) in [5.41, 5.74) is 0. The summed E-state index contributed by atoms with van der Waals surface area (Å²) >= 11 is 0. The maximum absolute atomic E-state index is 4.80. The van der Waals surface area contributed by atoms with Crippen molar-refractivity contribution >= 4 is 0 Å². The van der Waals surface area contributed by atoms with E-state index in [1.54, 1.807) is 6.92 Å². The van der Waals surface area contributed by atoms with Crippen molar-refractivity contribution in [1.82, 2.24) is 0 Å². The van der Waals surface area contributed by atoms with Crippen molar-refractivity contribution in [2.75, 3.05) is 0 Å². The number of rotatable bonds is 4. The van der Waals surface area contributed by atoms with Gasteiger partial charge in [0, 0.05) is 0 Å². The Morgan fingerprint density at radius 2 is 2.00 bits per heavy atom. The van der Waals surface area contributed by atoms with E-state index in [-0.39, 0.29) is 0 Å². The Balaban J connectivity index is 3.53. The van der Waals surface area contributed by atoms with Crippen LogP contribution in [0, 0.1) is 0 Å². The highest BCUT2D eigenvalue weighted by Gasteiger charge is 1.81. The summed E-state index contributed by atoms with van der Waals surface area (Å²) in [7, 11) is 0. The van der Waals surface area contributed by atoms with E-state index in [4.69, 9.17) is 4.74 Å². The fourth-order valence-corrected chi connectivity index (χ4v) is 0.303. The van der Waals surface area contributed by atoms with Crippen molar-refractivity contribution < 1.29 is 9.47 Å². The molecule has 2 heteroatoms. The van der Waals surface area contributed by atoms with Crippen LogP contribution in [0.5, 0.6) is 0 Å². The van der Waals surface area contributed by atoms with Gasteiger partial charge in [-0.3, -0.25) is 0 Å². The van der Waals surface area contributed by atoms with Gasteiger partial charge in [0.1, 0.15) is 12.0 Å². The highest BCUT2D eigenvalue weighted by atomic mass is 16.5. The Bertz CT molecular complexity index is 125. The Hall–Kier alpha value is -1.18. The normalized spacial score (nSPS) is 10.1. The van der Waals surface area contributed by atoms with Gasteiger partial charge >= 0.3 is 0 Å². The molecule has 0 aliphatic carbocycles. The molecule has 2 nitrogen and oxygen atoms in total. The fraction of sp³-hybridized carbons (Fsp3) is 0.143. The summed E-state index contributed by atoms with van der Waals surface area (Å²) < 4.78 is 9.47. The number of allylic oxidation sites excluding steroid dienone is 1. The van der Waals surface area contributed by atoms with Crippen LogP contribution in [0.2, 0.25) is 0 Å². The highest BCUT2D eigenvalue weighted by molar-refractivity contribution is 4.84. The van der Waals surface area contributed by atoms with Crippen LogP contribution in [0.1, 0.15) is 6.92 Å². The highest BCUT2D eigenvalue weighted by Crippen LogP contribution is 1.94. The summed E-state index contributed by atoms with van der Waals surface area (Å²) in [6, 6.07) is 0. The predicted octanol–water partition coefficient (Wildman–Crippen LogP) is 2.17. The minimum atomic E-state index is 0.643. The molecule has 0 aliphatic heterocycles. The molecule has 0 atom stereocenters. The van der Waals surface area contributed by atoms with E-state index < -0.39 is 0 Å². The van der Waals surface area contributed by atoms with Crippen molar-refractivity contribution in [3.8, 4) is 0 Å². The lowest BCUT2D eigenvalue weighted by molar-refractivity contribution is 0.310.